The van der Waals surface area contributed by atoms with Gasteiger partial charge in [0.15, 0.2) is 5.76 Å². The lowest BCUT2D eigenvalue weighted by Crippen LogP contribution is -2.45. The lowest BCUT2D eigenvalue weighted by atomic mass is 10.2. The van der Waals surface area contributed by atoms with Crippen molar-refractivity contribution in [3.63, 3.8) is 0 Å². The van der Waals surface area contributed by atoms with E-state index in [4.69, 9.17) is 10.3 Å². The van der Waals surface area contributed by atoms with E-state index in [0.29, 0.717) is 6.54 Å². The number of nitrogens with zero attached hydrogens (tertiary/aromatic N) is 3. The fraction of sp³-hybridized carbons (Fsp3) is 0.438. The van der Waals surface area contributed by atoms with Crippen molar-refractivity contribution in [3.8, 4) is 0 Å². The Morgan fingerprint density at radius 3 is 2.67 bits per heavy atom. The van der Waals surface area contributed by atoms with Crippen LogP contribution >= 0.6 is 0 Å². The van der Waals surface area contributed by atoms with E-state index in [0.717, 1.165) is 44.2 Å². The van der Waals surface area contributed by atoms with E-state index in [9.17, 15) is 0 Å². The number of benzene rings is 1. The molecule has 0 saturated carbocycles. The first-order valence-electron chi connectivity index (χ1n) is 7.43. The summed E-state index contributed by atoms with van der Waals surface area (Å²) in [6, 6.07) is 10.7. The number of hydrogen-bond acceptors (Lipinski definition) is 5. The second kappa shape index (κ2) is 6.28. The van der Waals surface area contributed by atoms with Gasteiger partial charge in [0.25, 0.3) is 0 Å². The molecule has 2 heterocycles. The molecule has 0 unspecified atom stereocenters. The van der Waals surface area contributed by atoms with Gasteiger partial charge in [-0.2, -0.15) is 0 Å². The lowest BCUT2D eigenvalue weighted by molar-refractivity contribution is 0.219. The summed E-state index contributed by atoms with van der Waals surface area (Å²) in [5.41, 5.74) is 9.00. The zero-order valence-corrected chi connectivity index (χ0v) is 12.5. The summed E-state index contributed by atoms with van der Waals surface area (Å²) in [6.07, 6.45) is 0. The quantitative estimate of drug-likeness (QED) is 0.928. The number of rotatable bonds is 4. The molecule has 1 aliphatic rings. The Hall–Kier alpha value is -1.85. The van der Waals surface area contributed by atoms with Crippen molar-refractivity contribution in [2.24, 2.45) is 5.73 Å². The van der Waals surface area contributed by atoms with Crippen molar-refractivity contribution < 1.29 is 4.52 Å². The third kappa shape index (κ3) is 3.43. The van der Waals surface area contributed by atoms with Crippen LogP contribution in [0.4, 0.5) is 5.69 Å². The van der Waals surface area contributed by atoms with Crippen molar-refractivity contribution in [2.75, 3.05) is 31.1 Å². The van der Waals surface area contributed by atoms with Crippen molar-refractivity contribution in [3.05, 3.63) is 47.3 Å². The average Bonchev–Trinajstić information content (AvgIpc) is 2.96. The van der Waals surface area contributed by atoms with Crippen LogP contribution in [-0.2, 0) is 13.1 Å². The Balaban J connectivity index is 1.55. The second-order valence-electron chi connectivity index (χ2n) is 5.59. The molecule has 0 amide bonds. The largest absolute Gasteiger partial charge is 0.369 e. The predicted octanol–water partition coefficient (Wildman–Crippen LogP) is 1.76. The van der Waals surface area contributed by atoms with E-state index in [1.807, 2.05) is 6.07 Å². The Morgan fingerprint density at radius 1 is 1.19 bits per heavy atom. The van der Waals surface area contributed by atoms with Gasteiger partial charge in [-0.1, -0.05) is 17.3 Å². The zero-order valence-electron chi connectivity index (χ0n) is 12.5. The molecule has 1 saturated heterocycles. The van der Waals surface area contributed by atoms with Crippen LogP contribution < -0.4 is 10.6 Å². The van der Waals surface area contributed by atoms with E-state index in [2.05, 4.69) is 46.1 Å². The number of hydrogen-bond donors (Lipinski definition) is 1. The van der Waals surface area contributed by atoms with Crippen molar-refractivity contribution in [2.45, 2.75) is 20.0 Å². The van der Waals surface area contributed by atoms with Crippen LogP contribution in [0.2, 0.25) is 0 Å². The first-order chi connectivity index (χ1) is 10.2. The summed E-state index contributed by atoms with van der Waals surface area (Å²) in [6.45, 7) is 7.54. The molecule has 0 radical (unpaired) electrons. The van der Waals surface area contributed by atoms with Gasteiger partial charge in [0, 0.05) is 44.5 Å². The molecule has 5 nitrogen and oxygen atoms in total. The van der Waals surface area contributed by atoms with Crippen molar-refractivity contribution >= 4 is 5.69 Å². The van der Waals surface area contributed by atoms with Crippen LogP contribution in [0.3, 0.4) is 0 Å². The Morgan fingerprint density at radius 2 is 2.00 bits per heavy atom. The average molecular weight is 286 g/mol. The third-order valence-corrected chi connectivity index (χ3v) is 3.94. The highest BCUT2D eigenvalue weighted by Gasteiger charge is 2.18. The highest BCUT2D eigenvalue weighted by atomic mass is 16.5. The number of piperazine rings is 1. The summed E-state index contributed by atoms with van der Waals surface area (Å²) < 4.78 is 5.30. The fourth-order valence-electron chi connectivity index (χ4n) is 2.74. The van der Waals surface area contributed by atoms with Gasteiger partial charge in [0.1, 0.15) is 0 Å². The van der Waals surface area contributed by atoms with Gasteiger partial charge in [0.05, 0.1) is 12.2 Å². The first kappa shape index (κ1) is 14.1. The third-order valence-electron chi connectivity index (χ3n) is 3.94. The standard InChI is InChI=1S/C16H22N4O/c1-13-3-2-4-15(9-13)20-7-5-19(6-8-20)12-16-10-14(11-17)18-21-16/h2-4,9-10H,5-8,11-12,17H2,1H3. The molecule has 21 heavy (non-hydrogen) atoms. The molecule has 0 aliphatic carbocycles. The number of nitrogens with two attached hydrogens (primary N) is 1. The van der Waals surface area contributed by atoms with Crippen LogP contribution in [0.15, 0.2) is 34.9 Å². The maximum atomic E-state index is 5.55. The van der Waals surface area contributed by atoms with Gasteiger partial charge >= 0.3 is 0 Å². The summed E-state index contributed by atoms with van der Waals surface area (Å²) in [5, 5.41) is 3.94. The Labute approximate surface area is 125 Å². The second-order valence-corrected chi connectivity index (χ2v) is 5.59. The number of aryl methyl sites for hydroxylation is 1. The monoisotopic (exact) mass is 286 g/mol. The summed E-state index contributed by atoms with van der Waals surface area (Å²) in [4.78, 5) is 4.84. The summed E-state index contributed by atoms with van der Waals surface area (Å²) >= 11 is 0. The van der Waals surface area contributed by atoms with Crippen LogP contribution in [0.5, 0.6) is 0 Å². The Kier molecular flexibility index (Phi) is 4.22. The maximum Gasteiger partial charge on any atom is 0.151 e. The fourth-order valence-corrected chi connectivity index (χ4v) is 2.74. The van der Waals surface area contributed by atoms with E-state index in [-0.39, 0.29) is 0 Å². The van der Waals surface area contributed by atoms with Crippen LogP contribution in [0.25, 0.3) is 0 Å². The van der Waals surface area contributed by atoms with Crippen LogP contribution in [-0.4, -0.2) is 36.2 Å². The van der Waals surface area contributed by atoms with Crippen LogP contribution in [0, 0.1) is 6.92 Å². The highest BCUT2D eigenvalue weighted by Crippen LogP contribution is 2.18. The zero-order chi connectivity index (χ0) is 14.7. The molecular weight excluding hydrogens is 264 g/mol. The molecule has 0 atom stereocenters. The van der Waals surface area contributed by atoms with Crippen molar-refractivity contribution in [1.82, 2.24) is 10.1 Å². The van der Waals surface area contributed by atoms with E-state index in [1.165, 1.54) is 11.3 Å². The molecule has 2 aromatic rings. The Bertz CT molecular complexity index is 587. The number of aromatic nitrogens is 1. The normalized spacial score (nSPS) is 16.4. The molecule has 1 aliphatic heterocycles. The number of anilines is 1. The molecule has 0 spiro atoms. The highest BCUT2D eigenvalue weighted by molar-refractivity contribution is 5.48. The smallest absolute Gasteiger partial charge is 0.151 e. The van der Waals surface area contributed by atoms with Gasteiger partial charge in [-0.15, -0.1) is 0 Å². The minimum atomic E-state index is 0.435. The molecule has 3 rings (SSSR count). The predicted molar refractivity (Wildman–Crippen MR) is 83.1 cm³/mol. The van der Waals surface area contributed by atoms with E-state index < -0.39 is 0 Å². The molecule has 1 aromatic heterocycles. The van der Waals surface area contributed by atoms with E-state index >= 15 is 0 Å². The lowest BCUT2D eigenvalue weighted by Gasteiger charge is -2.35. The van der Waals surface area contributed by atoms with Gasteiger partial charge in [-0.05, 0) is 24.6 Å². The minimum absolute atomic E-state index is 0.435. The van der Waals surface area contributed by atoms with Gasteiger partial charge in [0.2, 0.25) is 0 Å². The van der Waals surface area contributed by atoms with Crippen LogP contribution in [0.1, 0.15) is 17.0 Å². The summed E-state index contributed by atoms with van der Waals surface area (Å²) in [7, 11) is 0. The molecule has 1 aromatic carbocycles. The van der Waals surface area contributed by atoms with E-state index in [1.54, 1.807) is 0 Å². The SMILES string of the molecule is Cc1cccc(N2CCN(Cc3cc(CN)no3)CC2)c1. The molecule has 0 bridgehead atoms. The maximum absolute atomic E-state index is 5.55. The molecule has 1 fully saturated rings. The minimum Gasteiger partial charge on any atom is -0.369 e. The molecule has 5 heteroatoms. The van der Waals surface area contributed by atoms with Gasteiger partial charge in [-0.25, -0.2) is 0 Å². The molecular formula is C16H22N4O. The first-order valence-corrected chi connectivity index (χ1v) is 7.43. The molecule has 112 valence electrons. The van der Waals surface area contributed by atoms with Crippen molar-refractivity contribution in [1.29, 1.82) is 0 Å². The summed E-state index contributed by atoms with van der Waals surface area (Å²) in [5.74, 6) is 0.902. The topological polar surface area (TPSA) is 58.5 Å². The van der Waals surface area contributed by atoms with Gasteiger partial charge in [-0.3, -0.25) is 4.90 Å². The molecule has 2 N–H and O–H groups in total. The van der Waals surface area contributed by atoms with Gasteiger partial charge < -0.3 is 15.2 Å².